The van der Waals surface area contributed by atoms with E-state index >= 15 is 0 Å². The number of likely N-dealkylation sites (tertiary alicyclic amines) is 2. The number of carbonyl (C=O) groups excluding carboxylic acids is 3. The average Bonchev–Trinajstić information content (AvgIpc) is 2.99. The van der Waals surface area contributed by atoms with Crippen molar-refractivity contribution in [2.45, 2.75) is 51.5 Å². The maximum absolute atomic E-state index is 12.8. The molecule has 154 valence electrons. The van der Waals surface area contributed by atoms with Crippen LogP contribution in [0.3, 0.4) is 0 Å². The summed E-state index contributed by atoms with van der Waals surface area (Å²) in [5.74, 6) is -0.250. The predicted molar refractivity (Wildman–Crippen MR) is 109 cm³/mol. The Balaban J connectivity index is 1.51. The van der Waals surface area contributed by atoms with E-state index in [1.54, 1.807) is 11.4 Å². The van der Waals surface area contributed by atoms with Gasteiger partial charge < -0.3 is 20.9 Å². The Labute approximate surface area is 170 Å². The second kappa shape index (κ2) is 9.52. The maximum atomic E-state index is 12.8. The highest BCUT2D eigenvalue weighted by Crippen LogP contribution is 2.23. The summed E-state index contributed by atoms with van der Waals surface area (Å²) in [6.45, 7) is 5.32. The quantitative estimate of drug-likeness (QED) is 0.676. The van der Waals surface area contributed by atoms with Crippen LogP contribution in [0.5, 0.6) is 0 Å². The first kappa shape index (κ1) is 20.8. The molecule has 2 aliphatic heterocycles. The SMILES string of the molecule is C[C@@H](C(=O)Nc1sccc1C(N)=O)[NH+]1CCC(C(=O)N2CCCCCC2)CC1. The van der Waals surface area contributed by atoms with Crippen LogP contribution >= 0.6 is 11.3 Å². The topological polar surface area (TPSA) is 96.9 Å². The lowest BCUT2D eigenvalue weighted by Gasteiger charge is -2.34. The second-order valence-electron chi connectivity index (χ2n) is 7.91. The molecule has 1 aromatic heterocycles. The number of nitrogens with zero attached hydrogens (tertiary/aromatic N) is 1. The summed E-state index contributed by atoms with van der Waals surface area (Å²) < 4.78 is 0. The maximum Gasteiger partial charge on any atom is 0.282 e. The van der Waals surface area contributed by atoms with Gasteiger partial charge in [-0.25, -0.2) is 0 Å². The fraction of sp³-hybridized carbons (Fsp3) is 0.650. The number of anilines is 1. The minimum Gasteiger partial charge on any atom is -0.366 e. The fourth-order valence-corrected chi connectivity index (χ4v) is 5.02. The lowest BCUT2D eigenvalue weighted by Crippen LogP contribution is -3.17. The molecule has 3 amide bonds. The highest BCUT2D eigenvalue weighted by molar-refractivity contribution is 7.14. The number of piperidine rings is 1. The molecule has 3 rings (SSSR count). The number of quaternary nitrogens is 1. The molecule has 7 nitrogen and oxygen atoms in total. The Hall–Kier alpha value is -1.93. The summed E-state index contributed by atoms with van der Waals surface area (Å²) in [6.07, 6.45) is 6.33. The molecular weight excluding hydrogens is 376 g/mol. The fourth-order valence-electron chi connectivity index (χ4n) is 4.22. The van der Waals surface area contributed by atoms with Crippen LogP contribution in [0, 0.1) is 5.92 Å². The first-order chi connectivity index (χ1) is 13.5. The van der Waals surface area contributed by atoms with Crippen LogP contribution < -0.4 is 16.0 Å². The Bertz CT molecular complexity index is 704. The number of rotatable bonds is 5. The van der Waals surface area contributed by atoms with Gasteiger partial charge in [0.15, 0.2) is 6.04 Å². The second-order valence-corrected chi connectivity index (χ2v) is 8.83. The Morgan fingerprint density at radius 2 is 1.82 bits per heavy atom. The monoisotopic (exact) mass is 407 g/mol. The highest BCUT2D eigenvalue weighted by Gasteiger charge is 2.35. The van der Waals surface area contributed by atoms with Crippen molar-refractivity contribution in [3.8, 4) is 0 Å². The Morgan fingerprint density at radius 1 is 1.18 bits per heavy atom. The van der Waals surface area contributed by atoms with Gasteiger partial charge in [-0.15, -0.1) is 11.3 Å². The molecule has 0 radical (unpaired) electrons. The molecule has 0 aromatic carbocycles. The van der Waals surface area contributed by atoms with Gasteiger partial charge in [-0.05, 0) is 31.2 Å². The summed E-state index contributed by atoms with van der Waals surface area (Å²) >= 11 is 1.30. The van der Waals surface area contributed by atoms with E-state index in [1.165, 1.54) is 29.1 Å². The van der Waals surface area contributed by atoms with Crippen molar-refractivity contribution in [1.29, 1.82) is 0 Å². The number of nitrogens with one attached hydrogen (secondary N) is 2. The molecule has 2 fully saturated rings. The zero-order valence-electron chi connectivity index (χ0n) is 16.5. The molecule has 0 spiro atoms. The van der Waals surface area contributed by atoms with E-state index in [1.807, 2.05) is 6.92 Å². The van der Waals surface area contributed by atoms with Crippen LogP contribution in [-0.4, -0.2) is 54.8 Å². The van der Waals surface area contributed by atoms with Crippen LogP contribution in [0.15, 0.2) is 11.4 Å². The van der Waals surface area contributed by atoms with Crippen molar-refractivity contribution in [1.82, 2.24) is 4.90 Å². The van der Waals surface area contributed by atoms with Crippen LogP contribution in [0.25, 0.3) is 0 Å². The zero-order valence-corrected chi connectivity index (χ0v) is 17.4. The molecule has 0 unspecified atom stereocenters. The molecule has 2 aliphatic rings. The van der Waals surface area contributed by atoms with Crippen molar-refractivity contribution in [3.05, 3.63) is 17.0 Å². The van der Waals surface area contributed by atoms with E-state index in [0.717, 1.165) is 51.9 Å². The normalized spacial score (nSPS) is 24.2. The molecule has 1 aromatic rings. The predicted octanol–water partition coefficient (Wildman–Crippen LogP) is 0.872. The van der Waals surface area contributed by atoms with E-state index in [0.29, 0.717) is 16.5 Å². The molecule has 3 heterocycles. The van der Waals surface area contributed by atoms with Gasteiger partial charge in [0.1, 0.15) is 5.00 Å². The van der Waals surface area contributed by atoms with Crippen molar-refractivity contribution < 1.29 is 19.3 Å². The molecule has 0 aliphatic carbocycles. The first-order valence-corrected chi connectivity index (χ1v) is 11.2. The van der Waals surface area contributed by atoms with E-state index in [9.17, 15) is 14.4 Å². The lowest BCUT2D eigenvalue weighted by molar-refractivity contribution is -0.919. The van der Waals surface area contributed by atoms with Gasteiger partial charge in [-0.1, -0.05) is 12.8 Å². The van der Waals surface area contributed by atoms with Gasteiger partial charge in [-0.2, -0.15) is 0 Å². The van der Waals surface area contributed by atoms with Gasteiger partial charge in [0.25, 0.3) is 11.8 Å². The highest BCUT2D eigenvalue weighted by atomic mass is 32.1. The number of primary amides is 1. The van der Waals surface area contributed by atoms with Crippen molar-refractivity contribution in [3.63, 3.8) is 0 Å². The molecule has 2 saturated heterocycles. The van der Waals surface area contributed by atoms with Crippen LogP contribution in [0.2, 0.25) is 0 Å². The Kier molecular flexibility index (Phi) is 7.07. The van der Waals surface area contributed by atoms with Gasteiger partial charge >= 0.3 is 0 Å². The third-order valence-corrected chi connectivity index (χ3v) is 6.90. The summed E-state index contributed by atoms with van der Waals surface area (Å²) in [4.78, 5) is 40.1. The molecule has 4 N–H and O–H groups in total. The summed E-state index contributed by atoms with van der Waals surface area (Å²) in [5, 5.41) is 5.10. The molecule has 8 heteroatoms. The molecule has 28 heavy (non-hydrogen) atoms. The van der Waals surface area contributed by atoms with Gasteiger partial charge in [0, 0.05) is 31.8 Å². The number of hydrogen-bond acceptors (Lipinski definition) is 4. The molecule has 1 atom stereocenters. The van der Waals surface area contributed by atoms with E-state index < -0.39 is 5.91 Å². The van der Waals surface area contributed by atoms with Gasteiger partial charge in [0.2, 0.25) is 5.91 Å². The number of amides is 3. The van der Waals surface area contributed by atoms with Crippen molar-refractivity contribution >= 4 is 34.1 Å². The van der Waals surface area contributed by atoms with E-state index in [2.05, 4.69) is 10.2 Å². The summed E-state index contributed by atoms with van der Waals surface area (Å²) in [6, 6.07) is 1.39. The first-order valence-electron chi connectivity index (χ1n) is 10.3. The molecule has 0 bridgehead atoms. The number of nitrogens with two attached hydrogens (primary N) is 1. The van der Waals surface area contributed by atoms with E-state index in [4.69, 9.17) is 5.73 Å². The summed E-state index contributed by atoms with van der Waals surface area (Å²) in [7, 11) is 0. The van der Waals surface area contributed by atoms with Crippen LogP contribution in [0.4, 0.5) is 5.00 Å². The largest absolute Gasteiger partial charge is 0.366 e. The zero-order chi connectivity index (χ0) is 20.1. The standard InChI is InChI=1S/C20H30N4O3S/c1-14(18(26)22-19-16(17(21)25)8-13-28-19)23-11-6-15(7-12-23)20(27)24-9-4-2-3-5-10-24/h8,13-15H,2-7,9-12H2,1H3,(H2,21,25)(H,22,26)/p+1/t14-/m0/s1. The minimum atomic E-state index is -0.538. The number of carbonyl (C=O) groups is 3. The van der Waals surface area contributed by atoms with Crippen molar-refractivity contribution in [2.24, 2.45) is 11.7 Å². The van der Waals surface area contributed by atoms with Gasteiger partial charge in [-0.3, -0.25) is 14.4 Å². The van der Waals surface area contributed by atoms with Crippen LogP contribution in [0.1, 0.15) is 55.8 Å². The lowest BCUT2D eigenvalue weighted by atomic mass is 9.94. The molecular formula is C20H31N4O3S+. The third kappa shape index (κ3) is 4.91. The van der Waals surface area contributed by atoms with Crippen LogP contribution in [-0.2, 0) is 9.59 Å². The third-order valence-electron chi connectivity index (χ3n) is 6.07. The van der Waals surface area contributed by atoms with Crippen molar-refractivity contribution in [2.75, 3.05) is 31.5 Å². The Morgan fingerprint density at radius 3 is 2.43 bits per heavy atom. The smallest absolute Gasteiger partial charge is 0.282 e. The number of hydrogen-bond donors (Lipinski definition) is 3. The van der Waals surface area contributed by atoms with E-state index in [-0.39, 0.29) is 17.9 Å². The minimum absolute atomic E-state index is 0.0934. The number of thiophene rings is 1. The van der Waals surface area contributed by atoms with Gasteiger partial charge in [0.05, 0.1) is 18.7 Å². The summed E-state index contributed by atoms with van der Waals surface area (Å²) in [5.41, 5.74) is 5.69. The molecule has 0 saturated carbocycles. The average molecular weight is 408 g/mol.